The molecule has 4 saturated heterocycles. The van der Waals surface area contributed by atoms with Crippen LogP contribution in [0.3, 0.4) is 0 Å². The van der Waals surface area contributed by atoms with E-state index in [1.54, 1.807) is 19.1 Å². The van der Waals surface area contributed by atoms with Crippen molar-refractivity contribution in [2.75, 3.05) is 65.7 Å². The predicted octanol–water partition coefficient (Wildman–Crippen LogP) is -0.0783. The van der Waals surface area contributed by atoms with E-state index in [0.717, 1.165) is 112 Å². The highest BCUT2D eigenvalue weighted by Gasteiger charge is 2.50. The summed E-state index contributed by atoms with van der Waals surface area (Å²) < 4.78 is 15.6. The number of ether oxygens (including phenoxy) is 1. The van der Waals surface area contributed by atoms with E-state index in [0.29, 0.717) is 33.6 Å². The third-order valence-corrected chi connectivity index (χ3v) is 21.6. The standard InChI is InChI=1S/C70H99N11O22S2.C3H4/c1-38-34-81-60(61(38)91)66(96)72-33-48(86)31-51(73-62(92)43-10-14-45(15-11-43)68-78-77-67(104-68)44-12-8-41(9-13-44)42-22-25-79(26-23-42)47-16-18-50(19-17-47)100-28-6-4-3-5-27-82)63(93)74-57(39(2)85)69(97)80-35-49(87)32-52(80)64(94)75-58(55(90)29-40-7-20-53(88)56(30-40)101-105-103-102-99)65(95)76-59(70(81)98)54(89)21-24-71-46(36-83)37-84;1-3-2/h7-15,20,30,38-39,42,46-52,54-55,57-61,71,82-91,99H,3-6,16-19,21-29,31-37H2,1-2H3,(H,72,96)(H,73,92)(H,74,93)(H,75,94)(H,76,95);1H,2H3/t38-,39+,47?,48+,49+,50?,51-,52-,54+,55+,57-,58-,59-,60-,61-;/m0./s1. The topological polar surface area (TPSA) is 487 Å². The molecule has 0 radical (unpaired) electrons. The summed E-state index contributed by atoms with van der Waals surface area (Å²) in [5.41, 5.74) is 2.88. The minimum absolute atomic E-state index is 0.0197. The molecule has 0 bridgehead atoms. The van der Waals surface area contributed by atoms with Gasteiger partial charge in [-0.2, -0.15) is 0 Å². The highest BCUT2D eigenvalue weighted by Crippen LogP contribution is 2.37. The van der Waals surface area contributed by atoms with Crippen LogP contribution in [-0.4, -0.2) is 279 Å². The lowest BCUT2D eigenvalue weighted by Crippen LogP contribution is -2.64. The summed E-state index contributed by atoms with van der Waals surface area (Å²) in [6.07, 6.45) is 2.87. The molecule has 5 aliphatic rings. The van der Waals surface area contributed by atoms with Gasteiger partial charge in [0, 0.05) is 80.8 Å². The molecule has 1 saturated carbocycles. The van der Waals surface area contributed by atoms with Crippen LogP contribution in [-0.2, 0) is 49.3 Å². The van der Waals surface area contributed by atoms with Gasteiger partial charge in [-0.15, -0.1) is 22.5 Å². The minimum atomic E-state index is -2.16. The molecule has 5 fully saturated rings. The molecule has 7 amide bonds. The lowest BCUT2D eigenvalue weighted by Gasteiger charge is -2.41. The molecule has 5 heterocycles. The first-order valence-corrected chi connectivity index (χ1v) is 38.0. The molecule has 594 valence electrons. The Morgan fingerprint density at radius 2 is 1.38 bits per heavy atom. The predicted molar refractivity (Wildman–Crippen MR) is 393 cm³/mol. The number of aliphatic hydroxyl groups excluding tert-OH is 9. The van der Waals surface area contributed by atoms with Gasteiger partial charge in [-0.1, -0.05) is 82.9 Å². The van der Waals surface area contributed by atoms with Crippen LogP contribution in [0.4, 0.5) is 0 Å². The number of carbonyl (C=O) groups is 7. The maximum absolute atomic E-state index is 15.0. The number of carbonyl (C=O) groups excluding carboxylic acids is 7. The van der Waals surface area contributed by atoms with Crippen LogP contribution in [0, 0.1) is 18.3 Å². The fourth-order valence-electron chi connectivity index (χ4n) is 14.2. The van der Waals surface area contributed by atoms with Crippen molar-refractivity contribution in [1.82, 2.24) is 56.8 Å². The van der Waals surface area contributed by atoms with Crippen LogP contribution in [0.25, 0.3) is 21.1 Å². The summed E-state index contributed by atoms with van der Waals surface area (Å²) in [5.74, 6) is -6.92. The Labute approximate surface area is 634 Å². The molecule has 4 aliphatic heterocycles. The van der Waals surface area contributed by atoms with E-state index in [1.807, 2.05) is 0 Å². The molecule has 4 aromatic rings. The molecular weight excluding hydrogens is 1450 g/mol. The number of rotatable bonds is 28. The van der Waals surface area contributed by atoms with E-state index in [-0.39, 0.29) is 48.9 Å². The summed E-state index contributed by atoms with van der Waals surface area (Å²) in [7, 11) is 0. The summed E-state index contributed by atoms with van der Waals surface area (Å²) >= 11 is 1.41. The summed E-state index contributed by atoms with van der Waals surface area (Å²) in [5, 5.41) is 146. The average molecular weight is 1550 g/mol. The largest absolute Gasteiger partial charge is 0.504 e. The second-order valence-corrected chi connectivity index (χ2v) is 29.5. The van der Waals surface area contributed by atoms with Crippen molar-refractivity contribution in [3.63, 3.8) is 0 Å². The second-order valence-electron chi connectivity index (χ2n) is 28.0. The van der Waals surface area contributed by atoms with Crippen molar-refractivity contribution >= 4 is 65.0 Å². The van der Waals surface area contributed by atoms with Gasteiger partial charge >= 0.3 is 0 Å². The number of phenols is 1. The monoisotopic (exact) mass is 1550 g/mol. The van der Waals surface area contributed by atoms with Crippen molar-refractivity contribution in [2.24, 2.45) is 5.92 Å². The Hall–Kier alpha value is -7.58. The van der Waals surface area contributed by atoms with Crippen molar-refractivity contribution in [3.05, 3.63) is 83.4 Å². The van der Waals surface area contributed by atoms with Gasteiger partial charge in [0.1, 0.15) is 46.3 Å². The van der Waals surface area contributed by atoms with E-state index in [2.05, 4.69) is 93.0 Å². The Kier molecular flexibility index (Phi) is 33.9. The van der Waals surface area contributed by atoms with Gasteiger partial charge < -0.3 is 107 Å². The number of nitrogens with zero attached hydrogens (tertiary/aromatic N) is 5. The molecular formula is C73H103N11O22S2. The highest BCUT2D eigenvalue weighted by atomic mass is 32.2. The lowest BCUT2D eigenvalue weighted by molar-refractivity contribution is -0.433. The summed E-state index contributed by atoms with van der Waals surface area (Å²) in [4.78, 5) is 107. The van der Waals surface area contributed by atoms with E-state index in [4.69, 9.17) is 19.3 Å². The van der Waals surface area contributed by atoms with Crippen molar-refractivity contribution < 1.29 is 108 Å². The van der Waals surface area contributed by atoms with Crippen molar-refractivity contribution in [2.45, 2.75) is 208 Å². The van der Waals surface area contributed by atoms with E-state index in [1.165, 1.54) is 48.1 Å². The fourth-order valence-corrected chi connectivity index (χ4v) is 15.3. The SMILES string of the molecule is C#CC.C[C@@H](O)[C@@H]1NC(=O)[C@@H](NC(=O)c2ccc(-c3nnc(-c4ccc(C5CCN(C6CCC(OCCCCCCO)CC6)CC5)cc4)s3)cc2)C[C@@H](O)CNC(=O)[C@@H]2[C@@H](O)[C@@H](C)CN2C(=O)[C@H]([C@H](O)CCNC(CO)CO)NC(=O)[C@H]([C@H](O)Cc2ccc(O)c(OSOOO)c2)NC(=O)[C@@H]2C[C@@H](O)CN2C1=O. The summed E-state index contributed by atoms with van der Waals surface area (Å²) in [6.45, 7) is 4.46. The molecule has 1 aliphatic carbocycles. The number of hydrogen-bond acceptors (Lipinski definition) is 28. The number of fused-ring (bicyclic) bond motifs is 2. The molecule has 1 aromatic heterocycles. The molecule has 33 nitrogen and oxygen atoms in total. The number of amides is 7. The van der Waals surface area contributed by atoms with Gasteiger partial charge in [0.15, 0.2) is 11.5 Å². The first-order valence-electron chi connectivity index (χ1n) is 36.6. The second kappa shape index (κ2) is 42.6. The van der Waals surface area contributed by atoms with Crippen LogP contribution < -0.4 is 36.1 Å². The number of terminal acetylenes is 1. The molecule has 9 rings (SSSR count). The maximum Gasteiger partial charge on any atom is 0.261 e. The minimum Gasteiger partial charge on any atom is -0.504 e. The number of aliphatic hydroxyl groups is 9. The molecule has 3 aromatic carbocycles. The van der Waals surface area contributed by atoms with Crippen molar-refractivity contribution in [1.29, 1.82) is 0 Å². The zero-order valence-corrected chi connectivity index (χ0v) is 62.3. The zero-order valence-electron chi connectivity index (χ0n) is 60.7. The summed E-state index contributed by atoms with van der Waals surface area (Å²) in [6, 6.07) is 6.40. The molecule has 35 heteroatoms. The van der Waals surface area contributed by atoms with Crippen LogP contribution >= 0.6 is 23.7 Å². The number of β-amino-alcohol motifs (C(OH)–C–C–N with tert-alkyl or cyclic N) is 1. The van der Waals surface area contributed by atoms with Gasteiger partial charge in [-0.05, 0) is 133 Å². The number of nitrogens with one attached hydrogen (secondary N) is 6. The number of benzene rings is 3. The smallest absolute Gasteiger partial charge is 0.261 e. The fraction of sp³-hybridized carbons (Fsp3) is 0.603. The van der Waals surface area contributed by atoms with E-state index < -0.39 is 184 Å². The van der Waals surface area contributed by atoms with E-state index >= 15 is 4.79 Å². The van der Waals surface area contributed by atoms with Gasteiger partial charge in [-0.25, -0.2) is 5.26 Å². The average Bonchev–Trinajstić information content (AvgIpc) is 1.63. The quantitative estimate of drug-likeness (QED) is 0.0116. The van der Waals surface area contributed by atoms with Crippen LogP contribution in [0.15, 0.2) is 66.7 Å². The first-order chi connectivity index (χ1) is 51.9. The Morgan fingerprint density at radius 3 is 2.02 bits per heavy atom. The zero-order chi connectivity index (χ0) is 78.1. The normalized spacial score (nSPS) is 26.1. The molecule has 0 spiro atoms. The van der Waals surface area contributed by atoms with Gasteiger partial charge in [0.25, 0.3) is 18.2 Å². The van der Waals surface area contributed by atoms with Gasteiger partial charge in [0.2, 0.25) is 35.4 Å². The van der Waals surface area contributed by atoms with Crippen molar-refractivity contribution in [3.8, 4) is 45.0 Å². The van der Waals surface area contributed by atoms with Crippen LogP contribution in [0.2, 0.25) is 0 Å². The number of likely N-dealkylation sites (tertiary alicyclic amines) is 1. The number of piperidine rings is 1. The number of phenolic OH excluding ortho intramolecular Hbond substituents is 1. The Bertz CT molecular complexity index is 3600. The molecule has 17 N–H and O–H groups in total. The molecule has 108 heavy (non-hydrogen) atoms. The third-order valence-electron chi connectivity index (χ3n) is 20.3. The van der Waals surface area contributed by atoms with E-state index in [9.17, 15) is 74.7 Å². The number of aromatic hydroxyl groups is 1. The lowest BCUT2D eigenvalue weighted by atomic mass is 9.86. The number of hydrogen-bond donors (Lipinski definition) is 17. The Morgan fingerprint density at radius 1 is 0.750 bits per heavy atom. The number of unbranched alkanes of at least 4 members (excludes halogenated alkanes) is 3. The molecule has 13 atom stereocenters. The first kappa shape index (κ1) is 86.0. The Balaban J connectivity index is 0.00000482. The maximum atomic E-state index is 15.0. The third kappa shape index (κ3) is 23.7. The number of aromatic nitrogens is 2. The van der Waals surface area contributed by atoms with Gasteiger partial charge in [-0.3, -0.25) is 33.6 Å². The highest BCUT2D eigenvalue weighted by molar-refractivity contribution is 7.90. The van der Waals surface area contributed by atoms with Crippen LogP contribution in [0.5, 0.6) is 11.5 Å². The molecule has 0 unspecified atom stereocenters. The van der Waals surface area contributed by atoms with Gasteiger partial charge in [0.05, 0.1) is 62.0 Å². The van der Waals surface area contributed by atoms with Crippen LogP contribution in [0.1, 0.15) is 132 Å².